The molecule has 0 unspecified atom stereocenters. The summed E-state index contributed by atoms with van der Waals surface area (Å²) in [6.07, 6.45) is 2.35. The van der Waals surface area contributed by atoms with E-state index in [0.29, 0.717) is 18.5 Å². The van der Waals surface area contributed by atoms with Gasteiger partial charge in [0, 0.05) is 18.7 Å². The summed E-state index contributed by atoms with van der Waals surface area (Å²) in [6.45, 7) is 1.02. The van der Waals surface area contributed by atoms with Crippen molar-refractivity contribution in [1.29, 1.82) is 0 Å². The van der Waals surface area contributed by atoms with Gasteiger partial charge in [0.25, 0.3) is 5.91 Å². The summed E-state index contributed by atoms with van der Waals surface area (Å²) in [7, 11) is 0. The first-order valence-electron chi connectivity index (χ1n) is 6.59. The molecule has 20 heavy (non-hydrogen) atoms. The number of carbonyl (C=O) groups excluding carboxylic acids is 1. The molecule has 3 rings (SSSR count). The number of likely N-dealkylation sites (tertiary alicyclic amines) is 1. The van der Waals surface area contributed by atoms with Gasteiger partial charge in [-0.3, -0.25) is 9.59 Å². The molecule has 1 amide bonds. The van der Waals surface area contributed by atoms with E-state index in [9.17, 15) is 9.59 Å². The second-order valence-electron chi connectivity index (χ2n) is 5.07. The summed E-state index contributed by atoms with van der Waals surface area (Å²) < 4.78 is 5.56. The number of carboxylic acids is 1. The quantitative estimate of drug-likeness (QED) is 0.884. The topological polar surface area (TPSA) is 66.8 Å². The minimum Gasteiger partial charge on any atom is -0.488 e. The average molecular weight is 273 g/mol. The summed E-state index contributed by atoms with van der Waals surface area (Å²) in [4.78, 5) is 24.9. The van der Waals surface area contributed by atoms with Gasteiger partial charge in [0.15, 0.2) is 0 Å². The number of carbonyl (C=O) groups is 2. The minimum atomic E-state index is -0.834. The van der Waals surface area contributed by atoms with Crippen molar-refractivity contribution in [3.8, 4) is 5.75 Å². The van der Waals surface area contributed by atoms with E-state index in [1.807, 2.05) is 30.3 Å². The molecule has 1 N–H and O–H groups in total. The van der Waals surface area contributed by atoms with Crippen LogP contribution in [0.3, 0.4) is 0 Å². The van der Waals surface area contributed by atoms with E-state index in [1.54, 1.807) is 4.90 Å². The molecule has 2 aliphatic heterocycles. The zero-order valence-corrected chi connectivity index (χ0v) is 10.9. The van der Waals surface area contributed by atoms with Crippen LogP contribution in [0.15, 0.2) is 29.8 Å². The number of para-hydroxylation sites is 1. The number of ether oxygens (including phenoxy) is 1. The van der Waals surface area contributed by atoms with Crippen LogP contribution >= 0.6 is 0 Å². The van der Waals surface area contributed by atoms with Crippen LogP contribution < -0.4 is 4.74 Å². The molecule has 5 heteroatoms. The number of hydrogen-bond donors (Lipinski definition) is 1. The molecule has 0 aromatic heterocycles. The molecule has 2 heterocycles. The van der Waals surface area contributed by atoms with Crippen molar-refractivity contribution < 1.29 is 19.4 Å². The first-order valence-corrected chi connectivity index (χ1v) is 6.59. The molecular weight excluding hydrogens is 258 g/mol. The largest absolute Gasteiger partial charge is 0.488 e. The van der Waals surface area contributed by atoms with Crippen LogP contribution in [-0.4, -0.2) is 41.6 Å². The Morgan fingerprint density at radius 1 is 1.30 bits per heavy atom. The Balaban J connectivity index is 1.76. The number of benzene rings is 1. The third-order valence-corrected chi connectivity index (χ3v) is 3.73. The third-order valence-electron chi connectivity index (χ3n) is 3.73. The molecule has 0 saturated carbocycles. The number of nitrogens with zero attached hydrogens (tertiary/aromatic N) is 1. The zero-order chi connectivity index (χ0) is 14.1. The highest BCUT2D eigenvalue weighted by atomic mass is 16.5. The number of aliphatic carboxylic acids is 1. The van der Waals surface area contributed by atoms with Gasteiger partial charge in [-0.1, -0.05) is 18.2 Å². The van der Waals surface area contributed by atoms with Crippen molar-refractivity contribution in [2.24, 2.45) is 5.92 Å². The van der Waals surface area contributed by atoms with Crippen molar-refractivity contribution >= 4 is 18.0 Å². The van der Waals surface area contributed by atoms with E-state index in [2.05, 4.69) is 0 Å². The van der Waals surface area contributed by atoms with Gasteiger partial charge in [0.05, 0.1) is 11.5 Å². The van der Waals surface area contributed by atoms with Gasteiger partial charge in [-0.05, 0) is 18.6 Å². The predicted octanol–water partition coefficient (Wildman–Crippen LogP) is 1.40. The molecule has 5 nitrogen and oxygen atoms in total. The van der Waals surface area contributed by atoms with Crippen molar-refractivity contribution in [2.75, 3.05) is 19.7 Å². The normalized spacial score (nSPS) is 20.9. The number of amides is 1. The smallest absolute Gasteiger partial charge is 0.308 e. The fourth-order valence-electron chi connectivity index (χ4n) is 2.59. The fourth-order valence-corrected chi connectivity index (χ4v) is 2.59. The van der Waals surface area contributed by atoms with Gasteiger partial charge in [-0.25, -0.2) is 0 Å². The predicted molar refractivity (Wildman–Crippen MR) is 72.2 cm³/mol. The molecule has 0 spiro atoms. The Bertz CT molecular complexity index is 593. The Morgan fingerprint density at radius 3 is 2.85 bits per heavy atom. The number of carboxylic acid groups (broad SMARTS) is 1. The maximum absolute atomic E-state index is 12.4. The summed E-state index contributed by atoms with van der Waals surface area (Å²) in [5.41, 5.74) is 1.46. The molecular formula is C15H15NO4. The van der Waals surface area contributed by atoms with Gasteiger partial charge < -0.3 is 14.7 Å². The molecule has 1 atom stereocenters. The average Bonchev–Trinajstić information content (AvgIpc) is 2.96. The first kappa shape index (κ1) is 12.7. The molecule has 1 fully saturated rings. The van der Waals surface area contributed by atoms with Crippen LogP contribution in [-0.2, 0) is 9.59 Å². The molecule has 0 aliphatic carbocycles. The van der Waals surface area contributed by atoms with Gasteiger partial charge in [-0.2, -0.15) is 0 Å². The molecule has 2 aliphatic rings. The molecule has 104 valence electrons. The lowest BCUT2D eigenvalue weighted by Gasteiger charge is -2.22. The standard InChI is InChI=1S/C15H15NO4/c17-14(16-6-5-11(8-16)15(18)19)12-7-10-3-1-2-4-13(10)20-9-12/h1-4,7,11H,5-6,8-9H2,(H,18,19)/t11-/m1/s1. The van der Waals surface area contributed by atoms with Crippen molar-refractivity contribution in [3.05, 3.63) is 35.4 Å². The van der Waals surface area contributed by atoms with E-state index >= 15 is 0 Å². The van der Waals surface area contributed by atoms with Crippen LogP contribution in [0.2, 0.25) is 0 Å². The van der Waals surface area contributed by atoms with E-state index in [1.165, 1.54) is 0 Å². The van der Waals surface area contributed by atoms with Crippen molar-refractivity contribution in [1.82, 2.24) is 4.90 Å². The van der Waals surface area contributed by atoms with Gasteiger partial charge in [-0.15, -0.1) is 0 Å². The van der Waals surface area contributed by atoms with E-state index in [0.717, 1.165) is 11.3 Å². The highest BCUT2D eigenvalue weighted by molar-refractivity contribution is 5.99. The van der Waals surface area contributed by atoms with Crippen LogP contribution in [0, 0.1) is 5.92 Å². The van der Waals surface area contributed by atoms with Gasteiger partial charge in [0.1, 0.15) is 12.4 Å². The second-order valence-corrected chi connectivity index (χ2v) is 5.07. The lowest BCUT2D eigenvalue weighted by atomic mass is 10.1. The maximum atomic E-state index is 12.4. The van der Waals surface area contributed by atoms with Crippen molar-refractivity contribution in [2.45, 2.75) is 6.42 Å². The molecule has 0 bridgehead atoms. The maximum Gasteiger partial charge on any atom is 0.308 e. The molecule has 1 aromatic carbocycles. The second kappa shape index (κ2) is 5.00. The monoisotopic (exact) mass is 273 g/mol. The summed E-state index contributed by atoms with van der Waals surface area (Å²) in [6, 6.07) is 7.54. The Hall–Kier alpha value is -2.30. The fraction of sp³-hybridized carbons (Fsp3) is 0.333. The SMILES string of the molecule is O=C(O)[C@@H]1CCN(C(=O)C2=Cc3ccccc3OC2)C1. The number of hydrogen-bond acceptors (Lipinski definition) is 3. The first-order chi connectivity index (χ1) is 9.65. The summed E-state index contributed by atoms with van der Waals surface area (Å²) in [5, 5.41) is 8.98. The highest BCUT2D eigenvalue weighted by Gasteiger charge is 2.32. The summed E-state index contributed by atoms with van der Waals surface area (Å²) in [5.74, 6) is -0.631. The zero-order valence-electron chi connectivity index (χ0n) is 10.9. The van der Waals surface area contributed by atoms with Gasteiger partial charge >= 0.3 is 5.97 Å². The Kier molecular flexibility index (Phi) is 3.18. The Labute approximate surface area is 116 Å². The molecule has 1 saturated heterocycles. The summed E-state index contributed by atoms with van der Waals surface area (Å²) >= 11 is 0. The van der Waals surface area contributed by atoms with E-state index < -0.39 is 11.9 Å². The molecule has 1 aromatic rings. The van der Waals surface area contributed by atoms with Crippen LogP contribution in [0.1, 0.15) is 12.0 Å². The van der Waals surface area contributed by atoms with Crippen LogP contribution in [0.4, 0.5) is 0 Å². The van der Waals surface area contributed by atoms with Crippen LogP contribution in [0.25, 0.3) is 6.08 Å². The molecule has 0 radical (unpaired) electrons. The van der Waals surface area contributed by atoms with Crippen molar-refractivity contribution in [3.63, 3.8) is 0 Å². The lowest BCUT2D eigenvalue weighted by Crippen LogP contribution is -2.33. The Morgan fingerprint density at radius 2 is 2.10 bits per heavy atom. The van der Waals surface area contributed by atoms with Gasteiger partial charge in [0.2, 0.25) is 0 Å². The number of fused-ring (bicyclic) bond motifs is 1. The van der Waals surface area contributed by atoms with E-state index in [4.69, 9.17) is 9.84 Å². The van der Waals surface area contributed by atoms with Crippen LogP contribution in [0.5, 0.6) is 5.75 Å². The third kappa shape index (κ3) is 2.27. The lowest BCUT2D eigenvalue weighted by molar-refractivity contribution is -0.141. The number of rotatable bonds is 2. The minimum absolute atomic E-state index is 0.122. The highest BCUT2D eigenvalue weighted by Crippen LogP contribution is 2.27. The van der Waals surface area contributed by atoms with E-state index in [-0.39, 0.29) is 19.1 Å².